The molecule has 1 aromatic heterocycles. The van der Waals surface area contributed by atoms with Crippen molar-refractivity contribution in [2.24, 2.45) is 0 Å². The van der Waals surface area contributed by atoms with E-state index in [1.54, 1.807) is 18.5 Å². The highest BCUT2D eigenvalue weighted by molar-refractivity contribution is 5.89. The molecule has 0 saturated carbocycles. The van der Waals surface area contributed by atoms with E-state index in [-0.39, 0.29) is 23.2 Å². The third-order valence-corrected chi connectivity index (χ3v) is 3.44. The second kappa shape index (κ2) is 5.40. The molecule has 5 heteroatoms. The van der Waals surface area contributed by atoms with Crippen molar-refractivity contribution in [2.45, 2.75) is 57.7 Å². The van der Waals surface area contributed by atoms with Gasteiger partial charge in [-0.3, -0.25) is 4.98 Å². The third kappa shape index (κ3) is 4.20. The number of carbonyl (C=O) groups is 1. The molecule has 2 amide bonds. The maximum atomic E-state index is 12.0. The molecule has 1 saturated heterocycles. The Bertz CT molecular complexity index is 454. The highest BCUT2D eigenvalue weighted by Crippen LogP contribution is 2.28. The summed E-state index contributed by atoms with van der Waals surface area (Å²) in [4.78, 5) is 16.0. The minimum Gasteiger partial charge on any atom is -0.335 e. The van der Waals surface area contributed by atoms with Gasteiger partial charge in [-0.05, 0) is 52.7 Å². The van der Waals surface area contributed by atoms with Crippen LogP contribution in [0.25, 0.3) is 0 Å². The van der Waals surface area contributed by atoms with Crippen LogP contribution < -0.4 is 16.0 Å². The topological polar surface area (TPSA) is 66.0 Å². The number of aromatic nitrogens is 1. The SMILES string of the molecule is CC1(C)CC(NC(=O)Nc2cccnc2)CC(C)(C)N1. The second-order valence-electron chi connectivity index (χ2n) is 6.84. The van der Waals surface area contributed by atoms with Gasteiger partial charge in [0.2, 0.25) is 0 Å². The van der Waals surface area contributed by atoms with Gasteiger partial charge in [-0.2, -0.15) is 0 Å². The van der Waals surface area contributed by atoms with Gasteiger partial charge in [0.15, 0.2) is 0 Å². The van der Waals surface area contributed by atoms with Crippen molar-refractivity contribution in [3.8, 4) is 0 Å². The van der Waals surface area contributed by atoms with Crippen molar-refractivity contribution in [1.82, 2.24) is 15.6 Å². The zero-order valence-corrected chi connectivity index (χ0v) is 12.7. The van der Waals surface area contributed by atoms with Gasteiger partial charge in [0, 0.05) is 23.3 Å². The van der Waals surface area contributed by atoms with Gasteiger partial charge in [0.25, 0.3) is 0 Å². The Morgan fingerprint density at radius 3 is 2.50 bits per heavy atom. The van der Waals surface area contributed by atoms with E-state index in [0.717, 1.165) is 12.8 Å². The summed E-state index contributed by atoms with van der Waals surface area (Å²) in [6, 6.07) is 3.62. The maximum absolute atomic E-state index is 12.0. The smallest absolute Gasteiger partial charge is 0.319 e. The molecule has 0 radical (unpaired) electrons. The molecule has 5 nitrogen and oxygen atoms in total. The summed E-state index contributed by atoms with van der Waals surface area (Å²) in [5.74, 6) is 0. The van der Waals surface area contributed by atoms with Crippen LogP contribution in [0.5, 0.6) is 0 Å². The van der Waals surface area contributed by atoms with Gasteiger partial charge >= 0.3 is 6.03 Å². The zero-order chi connectivity index (χ0) is 14.8. The number of pyridine rings is 1. The Kier molecular flexibility index (Phi) is 3.99. The Morgan fingerprint density at radius 1 is 1.30 bits per heavy atom. The number of nitrogens with one attached hydrogen (secondary N) is 3. The van der Waals surface area contributed by atoms with E-state index in [0.29, 0.717) is 5.69 Å². The van der Waals surface area contributed by atoms with Crippen LogP contribution in [-0.2, 0) is 0 Å². The average Bonchev–Trinajstić information content (AvgIpc) is 2.25. The maximum Gasteiger partial charge on any atom is 0.319 e. The van der Waals surface area contributed by atoms with Crippen LogP contribution in [0.1, 0.15) is 40.5 Å². The highest BCUT2D eigenvalue weighted by atomic mass is 16.2. The van der Waals surface area contributed by atoms with E-state index in [4.69, 9.17) is 0 Å². The fourth-order valence-electron chi connectivity index (χ4n) is 3.21. The van der Waals surface area contributed by atoms with Crippen LogP contribution in [0.2, 0.25) is 0 Å². The lowest BCUT2D eigenvalue weighted by atomic mass is 9.80. The normalized spacial score (nSPS) is 21.2. The average molecular weight is 276 g/mol. The molecule has 0 atom stereocenters. The lowest BCUT2D eigenvalue weighted by Crippen LogP contribution is -2.62. The van der Waals surface area contributed by atoms with Crippen molar-refractivity contribution in [2.75, 3.05) is 5.32 Å². The summed E-state index contributed by atoms with van der Waals surface area (Å²) < 4.78 is 0. The van der Waals surface area contributed by atoms with Crippen molar-refractivity contribution >= 4 is 11.7 Å². The minimum absolute atomic E-state index is 0.0218. The van der Waals surface area contributed by atoms with Gasteiger partial charge in [-0.15, -0.1) is 0 Å². The molecule has 0 bridgehead atoms. The lowest BCUT2D eigenvalue weighted by Gasteiger charge is -2.46. The monoisotopic (exact) mass is 276 g/mol. The van der Waals surface area contributed by atoms with Gasteiger partial charge in [0.1, 0.15) is 0 Å². The number of hydrogen-bond acceptors (Lipinski definition) is 3. The minimum atomic E-state index is -0.170. The van der Waals surface area contributed by atoms with Crippen molar-refractivity contribution in [1.29, 1.82) is 0 Å². The zero-order valence-electron chi connectivity index (χ0n) is 12.7. The number of carbonyl (C=O) groups excluding carboxylic acids is 1. The van der Waals surface area contributed by atoms with Crippen LogP contribution in [0.15, 0.2) is 24.5 Å². The van der Waals surface area contributed by atoms with Crippen LogP contribution in [-0.4, -0.2) is 28.1 Å². The van der Waals surface area contributed by atoms with Crippen LogP contribution in [0, 0.1) is 0 Å². The molecule has 0 aliphatic carbocycles. The summed E-state index contributed by atoms with van der Waals surface area (Å²) in [6.45, 7) is 8.67. The van der Waals surface area contributed by atoms with E-state index in [9.17, 15) is 4.79 Å². The molecule has 3 N–H and O–H groups in total. The Hall–Kier alpha value is -1.62. The molecule has 20 heavy (non-hydrogen) atoms. The molecular weight excluding hydrogens is 252 g/mol. The summed E-state index contributed by atoms with van der Waals surface area (Å²) >= 11 is 0. The fraction of sp³-hybridized carbons (Fsp3) is 0.600. The first-order valence-electron chi connectivity index (χ1n) is 7.03. The van der Waals surface area contributed by atoms with Gasteiger partial charge in [0.05, 0.1) is 11.9 Å². The van der Waals surface area contributed by atoms with Crippen LogP contribution >= 0.6 is 0 Å². The molecule has 1 fully saturated rings. The Labute approximate surface area is 120 Å². The molecule has 2 heterocycles. The van der Waals surface area contributed by atoms with E-state index in [1.807, 2.05) is 6.07 Å². The fourth-order valence-corrected chi connectivity index (χ4v) is 3.21. The molecule has 1 aromatic rings. The Morgan fingerprint density at radius 2 is 1.95 bits per heavy atom. The van der Waals surface area contributed by atoms with Crippen molar-refractivity contribution in [3.05, 3.63) is 24.5 Å². The van der Waals surface area contributed by atoms with E-state index in [1.165, 1.54) is 0 Å². The molecule has 2 rings (SSSR count). The number of urea groups is 1. The first-order chi connectivity index (χ1) is 9.26. The van der Waals surface area contributed by atoms with E-state index in [2.05, 4.69) is 48.6 Å². The number of anilines is 1. The van der Waals surface area contributed by atoms with Crippen molar-refractivity contribution < 1.29 is 4.79 Å². The number of piperidine rings is 1. The molecular formula is C15H24N4O. The van der Waals surface area contributed by atoms with Crippen LogP contribution in [0.3, 0.4) is 0 Å². The van der Waals surface area contributed by atoms with E-state index < -0.39 is 0 Å². The molecule has 1 aliphatic rings. The first kappa shape index (κ1) is 14.8. The predicted molar refractivity (Wildman–Crippen MR) is 80.7 cm³/mol. The number of amides is 2. The summed E-state index contributed by atoms with van der Waals surface area (Å²) in [6.07, 6.45) is 5.14. The molecule has 110 valence electrons. The number of nitrogens with zero attached hydrogens (tertiary/aromatic N) is 1. The molecule has 0 aromatic carbocycles. The summed E-state index contributed by atoms with van der Waals surface area (Å²) in [5.41, 5.74) is 0.750. The quantitative estimate of drug-likeness (QED) is 0.777. The highest BCUT2D eigenvalue weighted by Gasteiger charge is 2.38. The summed E-state index contributed by atoms with van der Waals surface area (Å²) in [5, 5.41) is 9.47. The van der Waals surface area contributed by atoms with Crippen molar-refractivity contribution in [3.63, 3.8) is 0 Å². The standard InChI is InChI=1S/C15H24N4O/c1-14(2)8-12(9-15(3,4)19-14)18-13(20)17-11-6-5-7-16-10-11/h5-7,10,12,19H,8-9H2,1-4H3,(H2,17,18,20). The lowest BCUT2D eigenvalue weighted by molar-refractivity contribution is 0.149. The molecule has 1 aliphatic heterocycles. The first-order valence-corrected chi connectivity index (χ1v) is 7.03. The number of rotatable bonds is 2. The number of hydrogen-bond donors (Lipinski definition) is 3. The second-order valence-corrected chi connectivity index (χ2v) is 6.84. The van der Waals surface area contributed by atoms with Gasteiger partial charge in [-0.25, -0.2) is 4.79 Å². The van der Waals surface area contributed by atoms with Gasteiger partial charge in [-0.1, -0.05) is 0 Å². The van der Waals surface area contributed by atoms with Crippen LogP contribution in [0.4, 0.5) is 10.5 Å². The largest absolute Gasteiger partial charge is 0.335 e. The molecule has 0 unspecified atom stereocenters. The van der Waals surface area contributed by atoms with Gasteiger partial charge < -0.3 is 16.0 Å². The predicted octanol–water partition coefficient (Wildman–Crippen LogP) is 2.51. The van der Waals surface area contributed by atoms with E-state index >= 15 is 0 Å². The third-order valence-electron chi connectivity index (χ3n) is 3.44. The molecule has 0 spiro atoms. The Balaban J connectivity index is 1.94. The summed E-state index contributed by atoms with van der Waals surface area (Å²) in [7, 11) is 0.